The van der Waals surface area contributed by atoms with E-state index < -0.39 is 16.1 Å². The number of halogens is 1. The first kappa shape index (κ1) is 33.5. The van der Waals surface area contributed by atoms with Crippen molar-refractivity contribution in [2.24, 2.45) is 0 Å². The average molecular weight is 638 g/mol. The van der Waals surface area contributed by atoms with E-state index in [9.17, 15) is 18.0 Å². The summed E-state index contributed by atoms with van der Waals surface area (Å²) in [5.74, 6) is -0.357. The molecule has 0 aromatic heterocycles. The molecular weight excluding hydrogens is 594 g/mol. The van der Waals surface area contributed by atoms with Crippen molar-refractivity contribution in [3.63, 3.8) is 0 Å². The number of benzene rings is 3. The summed E-state index contributed by atoms with van der Waals surface area (Å²) in [5.41, 5.74) is 4.47. The Bertz CT molecular complexity index is 1510. The Morgan fingerprint density at radius 3 is 2.23 bits per heavy atom. The highest BCUT2D eigenvalue weighted by Crippen LogP contribution is 2.24. The minimum Gasteiger partial charge on any atom is -0.352 e. The fourth-order valence-corrected chi connectivity index (χ4v) is 6.85. The van der Waals surface area contributed by atoms with Gasteiger partial charge in [-0.05, 0) is 79.6 Å². The lowest BCUT2D eigenvalue weighted by Gasteiger charge is -2.34. The van der Waals surface area contributed by atoms with Gasteiger partial charge < -0.3 is 10.2 Å². The van der Waals surface area contributed by atoms with Gasteiger partial charge in [0, 0.05) is 37.0 Å². The van der Waals surface area contributed by atoms with E-state index in [4.69, 9.17) is 11.6 Å². The smallest absolute Gasteiger partial charge is 0.243 e. The third kappa shape index (κ3) is 9.57. The highest BCUT2D eigenvalue weighted by molar-refractivity contribution is 7.92. The molecule has 44 heavy (non-hydrogen) atoms. The number of amides is 2. The third-order valence-corrected chi connectivity index (χ3v) is 9.87. The number of rotatable bonds is 13. The number of hydrogen-bond acceptors (Lipinski definition) is 4. The lowest BCUT2D eigenvalue weighted by molar-refractivity contribution is -0.141. The van der Waals surface area contributed by atoms with Gasteiger partial charge in [0.25, 0.3) is 0 Å². The number of carbonyl (C=O) groups excluding carboxylic acids is 2. The summed E-state index contributed by atoms with van der Waals surface area (Å²) in [4.78, 5) is 29.7. The van der Waals surface area contributed by atoms with Gasteiger partial charge >= 0.3 is 0 Å². The SMILES string of the molecule is Cc1ccc(N(CCCC(=O)N(Cc2ccc(Cl)cc2)[C@H](Cc2ccccc2)C(=O)NC2CCCCC2)S(C)(=O)=O)cc1C. The standard InChI is InChI=1S/C35H44ClN3O4S/c1-26-16-21-32(23-27(26)2)39(44(3,42)43)22-10-15-34(40)38(25-29-17-19-30(36)20-18-29)33(24-28-11-6-4-7-12-28)35(41)37-31-13-8-5-9-14-31/h4,6-7,11-12,16-21,23,31,33H,5,8-10,13-15,22,24-25H2,1-3H3,(H,37,41)/t33-/m1/s1. The van der Waals surface area contributed by atoms with Gasteiger partial charge in [0.1, 0.15) is 6.04 Å². The van der Waals surface area contributed by atoms with Crippen LogP contribution in [-0.4, -0.2) is 50.0 Å². The Labute approximate surface area is 267 Å². The van der Waals surface area contributed by atoms with E-state index in [1.807, 2.05) is 68.4 Å². The van der Waals surface area contributed by atoms with Crippen LogP contribution in [0.2, 0.25) is 5.02 Å². The van der Waals surface area contributed by atoms with Gasteiger partial charge in [-0.1, -0.05) is 79.4 Å². The summed E-state index contributed by atoms with van der Waals surface area (Å²) in [6, 6.07) is 22.0. The molecule has 1 atom stereocenters. The molecule has 4 rings (SSSR count). The van der Waals surface area contributed by atoms with Crippen LogP contribution in [0.25, 0.3) is 0 Å². The third-order valence-electron chi connectivity index (χ3n) is 8.42. The largest absolute Gasteiger partial charge is 0.352 e. The maximum atomic E-state index is 14.1. The fraction of sp³-hybridized carbons (Fsp3) is 0.429. The molecule has 0 radical (unpaired) electrons. The maximum absolute atomic E-state index is 14.1. The molecule has 7 nitrogen and oxygen atoms in total. The predicted molar refractivity (Wildman–Crippen MR) is 178 cm³/mol. The van der Waals surface area contributed by atoms with Crippen LogP contribution in [0, 0.1) is 13.8 Å². The predicted octanol–water partition coefficient (Wildman–Crippen LogP) is 6.59. The van der Waals surface area contributed by atoms with Crippen molar-refractivity contribution < 1.29 is 18.0 Å². The molecule has 0 aliphatic heterocycles. The first-order valence-corrected chi connectivity index (χ1v) is 17.7. The highest BCUT2D eigenvalue weighted by atomic mass is 35.5. The molecule has 0 spiro atoms. The Kier molecular flexibility index (Phi) is 11.9. The van der Waals surface area contributed by atoms with Gasteiger partial charge in [-0.3, -0.25) is 13.9 Å². The summed E-state index contributed by atoms with van der Waals surface area (Å²) in [6.45, 7) is 4.31. The van der Waals surface area contributed by atoms with E-state index in [0.29, 0.717) is 23.6 Å². The van der Waals surface area contributed by atoms with E-state index in [0.717, 1.165) is 47.9 Å². The van der Waals surface area contributed by atoms with Crippen molar-refractivity contribution in [3.8, 4) is 0 Å². The summed E-state index contributed by atoms with van der Waals surface area (Å²) in [6.07, 6.45) is 7.17. The molecule has 0 unspecified atom stereocenters. The summed E-state index contributed by atoms with van der Waals surface area (Å²) < 4.78 is 26.9. The Balaban J connectivity index is 1.59. The zero-order valence-electron chi connectivity index (χ0n) is 26.0. The molecular formula is C35H44ClN3O4S. The number of hydrogen-bond donors (Lipinski definition) is 1. The van der Waals surface area contributed by atoms with Crippen LogP contribution >= 0.6 is 11.6 Å². The number of anilines is 1. The van der Waals surface area contributed by atoms with Crippen LogP contribution in [0.1, 0.15) is 67.2 Å². The first-order chi connectivity index (χ1) is 21.0. The van der Waals surface area contributed by atoms with Crippen LogP contribution < -0.4 is 9.62 Å². The van der Waals surface area contributed by atoms with Gasteiger partial charge in [0.05, 0.1) is 11.9 Å². The number of nitrogens with one attached hydrogen (secondary N) is 1. The summed E-state index contributed by atoms with van der Waals surface area (Å²) >= 11 is 6.14. The number of aryl methyl sites for hydroxylation is 2. The van der Waals surface area contributed by atoms with E-state index in [1.165, 1.54) is 17.0 Å². The van der Waals surface area contributed by atoms with E-state index in [1.54, 1.807) is 23.1 Å². The molecule has 9 heteroatoms. The lowest BCUT2D eigenvalue weighted by atomic mass is 9.94. The minimum atomic E-state index is -3.57. The molecule has 1 saturated carbocycles. The number of sulfonamides is 1. The molecule has 1 fully saturated rings. The van der Waals surface area contributed by atoms with Crippen LogP contribution in [-0.2, 0) is 32.6 Å². The van der Waals surface area contributed by atoms with Crippen molar-refractivity contribution >= 4 is 39.1 Å². The van der Waals surface area contributed by atoms with Crippen molar-refractivity contribution in [1.29, 1.82) is 0 Å². The quantitative estimate of drug-likeness (QED) is 0.229. The average Bonchev–Trinajstić information content (AvgIpc) is 3.00. The van der Waals surface area contributed by atoms with Gasteiger partial charge in [-0.15, -0.1) is 0 Å². The molecule has 1 N–H and O–H groups in total. The molecule has 3 aromatic rings. The zero-order valence-corrected chi connectivity index (χ0v) is 27.5. The molecule has 3 aromatic carbocycles. The molecule has 0 saturated heterocycles. The fourth-order valence-electron chi connectivity index (χ4n) is 5.77. The normalized spacial score (nSPS) is 14.5. The minimum absolute atomic E-state index is 0.0897. The molecule has 1 aliphatic carbocycles. The van der Waals surface area contributed by atoms with Gasteiger partial charge in [-0.2, -0.15) is 0 Å². The van der Waals surface area contributed by atoms with Crippen molar-refractivity contribution in [3.05, 3.63) is 100 Å². The van der Waals surface area contributed by atoms with Gasteiger partial charge in [0.2, 0.25) is 21.8 Å². The molecule has 2 amide bonds. The second kappa shape index (κ2) is 15.6. The van der Waals surface area contributed by atoms with Gasteiger partial charge in [-0.25, -0.2) is 8.42 Å². The van der Waals surface area contributed by atoms with Crippen molar-refractivity contribution in [1.82, 2.24) is 10.2 Å². The molecule has 236 valence electrons. The van der Waals surface area contributed by atoms with Crippen LogP contribution in [0.4, 0.5) is 5.69 Å². The monoisotopic (exact) mass is 637 g/mol. The topological polar surface area (TPSA) is 86.8 Å². The molecule has 1 aliphatic rings. The van der Waals surface area contributed by atoms with E-state index >= 15 is 0 Å². The first-order valence-electron chi connectivity index (χ1n) is 15.4. The molecule has 0 heterocycles. The zero-order chi connectivity index (χ0) is 31.7. The maximum Gasteiger partial charge on any atom is 0.243 e. The highest BCUT2D eigenvalue weighted by Gasteiger charge is 2.32. The second-order valence-corrected chi connectivity index (χ2v) is 14.2. The van der Waals surface area contributed by atoms with Crippen molar-refractivity contribution in [2.45, 2.75) is 83.8 Å². The Hall–Kier alpha value is -3.36. The van der Waals surface area contributed by atoms with E-state index in [2.05, 4.69) is 5.32 Å². The Morgan fingerprint density at radius 1 is 0.909 bits per heavy atom. The van der Waals surface area contributed by atoms with Crippen LogP contribution in [0.15, 0.2) is 72.8 Å². The van der Waals surface area contributed by atoms with Gasteiger partial charge in [0.15, 0.2) is 0 Å². The summed E-state index contributed by atoms with van der Waals surface area (Å²) in [7, 11) is -3.57. The number of nitrogens with zero attached hydrogens (tertiary/aromatic N) is 2. The van der Waals surface area contributed by atoms with Crippen LogP contribution in [0.5, 0.6) is 0 Å². The van der Waals surface area contributed by atoms with E-state index in [-0.39, 0.29) is 37.4 Å². The van der Waals surface area contributed by atoms with Crippen molar-refractivity contribution in [2.75, 3.05) is 17.1 Å². The second-order valence-electron chi connectivity index (χ2n) is 11.9. The van der Waals surface area contributed by atoms with Crippen LogP contribution in [0.3, 0.4) is 0 Å². The number of carbonyl (C=O) groups is 2. The molecule has 0 bridgehead atoms. The Morgan fingerprint density at radius 2 is 1.59 bits per heavy atom. The summed E-state index contributed by atoms with van der Waals surface area (Å²) in [5, 5.41) is 3.85. The lowest BCUT2D eigenvalue weighted by Crippen LogP contribution is -2.52.